The number of aromatic hydroxyl groups is 1. The van der Waals surface area contributed by atoms with Gasteiger partial charge in [0.1, 0.15) is 29.3 Å². The van der Waals surface area contributed by atoms with Crippen LogP contribution in [0.25, 0.3) is 11.1 Å². The Morgan fingerprint density at radius 2 is 1.79 bits per heavy atom. The first-order valence-corrected chi connectivity index (χ1v) is 11.2. The molecular weight excluding hydrogens is 435 g/mol. The van der Waals surface area contributed by atoms with Crippen LogP contribution in [0, 0.1) is 11.7 Å². The summed E-state index contributed by atoms with van der Waals surface area (Å²) in [5, 5.41) is 16.1. The Bertz CT molecular complexity index is 1220. The van der Waals surface area contributed by atoms with Gasteiger partial charge in [-0.15, -0.1) is 0 Å². The maximum Gasteiger partial charge on any atom is 0.251 e. The minimum atomic E-state index is -0.662. The minimum absolute atomic E-state index is 0.0193. The van der Waals surface area contributed by atoms with Crippen LogP contribution in [0.5, 0.6) is 11.5 Å². The second-order valence-corrected chi connectivity index (χ2v) is 8.77. The molecule has 0 saturated carbocycles. The van der Waals surface area contributed by atoms with Gasteiger partial charge in [0, 0.05) is 30.3 Å². The van der Waals surface area contributed by atoms with Crippen molar-refractivity contribution in [3.05, 3.63) is 83.2 Å². The highest BCUT2D eigenvalue weighted by molar-refractivity contribution is 5.96. The van der Waals surface area contributed by atoms with E-state index in [9.17, 15) is 19.1 Å². The largest absolute Gasteiger partial charge is 0.507 e. The van der Waals surface area contributed by atoms with Crippen LogP contribution in [-0.4, -0.2) is 30.5 Å². The normalized spacial score (nSPS) is 16.6. The van der Waals surface area contributed by atoms with E-state index >= 15 is 0 Å². The third-order valence-corrected chi connectivity index (χ3v) is 5.87. The average Bonchev–Trinajstić information content (AvgIpc) is 3.21. The predicted molar refractivity (Wildman–Crippen MR) is 127 cm³/mol. The van der Waals surface area contributed by atoms with Crippen LogP contribution in [0.2, 0.25) is 0 Å². The van der Waals surface area contributed by atoms with Crippen molar-refractivity contribution in [1.82, 2.24) is 10.6 Å². The standard InChI is InChI=1S/C27H27FN2O4/c1-15(2)14-30-26(32)18-6-10-22(31)20(13-18)17-7-11-23-21(12-17)24(27(33)29-3)25(34-23)16-4-8-19(28)9-5-16/h4-13,15,24-25,31H,14H2,1-3H3,(H,29,33)(H,30,32). The molecule has 3 aromatic rings. The highest BCUT2D eigenvalue weighted by atomic mass is 19.1. The first-order chi connectivity index (χ1) is 16.3. The summed E-state index contributed by atoms with van der Waals surface area (Å²) in [6.45, 7) is 4.57. The molecule has 0 saturated heterocycles. The van der Waals surface area contributed by atoms with Crippen molar-refractivity contribution in [3.8, 4) is 22.6 Å². The van der Waals surface area contributed by atoms with E-state index in [2.05, 4.69) is 10.6 Å². The fourth-order valence-electron chi connectivity index (χ4n) is 4.09. The summed E-state index contributed by atoms with van der Waals surface area (Å²) < 4.78 is 19.5. The topological polar surface area (TPSA) is 87.7 Å². The lowest BCUT2D eigenvalue weighted by atomic mass is 9.88. The number of hydrogen-bond acceptors (Lipinski definition) is 4. The zero-order valence-electron chi connectivity index (χ0n) is 19.3. The molecule has 0 aliphatic carbocycles. The third kappa shape index (κ3) is 4.59. The van der Waals surface area contributed by atoms with Crippen LogP contribution in [0.4, 0.5) is 4.39 Å². The number of ether oxygens (including phenoxy) is 1. The van der Waals surface area contributed by atoms with Crippen molar-refractivity contribution in [2.75, 3.05) is 13.6 Å². The summed E-state index contributed by atoms with van der Waals surface area (Å²) in [5.74, 6) is -0.623. The van der Waals surface area contributed by atoms with E-state index in [4.69, 9.17) is 4.74 Å². The van der Waals surface area contributed by atoms with Crippen molar-refractivity contribution in [3.63, 3.8) is 0 Å². The van der Waals surface area contributed by atoms with Crippen molar-refractivity contribution >= 4 is 11.8 Å². The van der Waals surface area contributed by atoms with E-state index in [1.165, 1.54) is 18.2 Å². The minimum Gasteiger partial charge on any atom is -0.507 e. The van der Waals surface area contributed by atoms with Gasteiger partial charge in [-0.3, -0.25) is 9.59 Å². The number of rotatable bonds is 6. The van der Waals surface area contributed by atoms with Crippen molar-refractivity contribution < 1.29 is 23.8 Å². The van der Waals surface area contributed by atoms with Gasteiger partial charge in [0.05, 0.1) is 0 Å². The first-order valence-electron chi connectivity index (χ1n) is 11.2. The Kier molecular flexibility index (Phi) is 6.54. The monoisotopic (exact) mass is 462 g/mol. The van der Waals surface area contributed by atoms with Gasteiger partial charge in [0.15, 0.2) is 0 Å². The Hall–Kier alpha value is -3.87. The number of benzene rings is 3. The number of phenolic OH excluding ortho intramolecular Hbond substituents is 1. The molecule has 2 unspecified atom stereocenters. The third-order valence-electron chi connectivity index (χ3n) is 5.87. The molecule has 0 bridgehead atoms. The molecule has 1 heterocycles. The molecule has 34 heavy (non-hydrogen) atoms. The number of hydrogen-bond donors (Lipinski definition) is 3. The van der Waals surface area contributed by atoms with Crippen LogP contribution in [0.15, 0.2) is 60.7 Å². The maximum atomic E-state index is 13.4. The first kappa shape index (κ1) is 23.3. The van der Waals surface area contributed by atoms with Gasteiger partial charge in [-0.1, -0.05) is 32.0 Å². The maximum absolute atomic E-state index is 13.4. The quantitative estimate of drug-likeness (QED) is 0.502. The van der Waals surface area contributed by atoms with Gasteiger partial charge in [0.25, 0.3) is 5.91 Å². The predicted octanol–water partition coefficient (Wildman–Crippen LogP) is 4.55. The van der Waals surface area contributed by atoms with E-state index in [0.717, 1.165) is 0 Å². The molecule has 7 heteroatoms. The number of phenols is 1. The molecule has 4 rings (SSSR count). The van der Waals surface area contributed by atoms with Crippen LogP contribution in [0.3, 0.4) is 0 Å². The summed E-state index contributed by atoms with van der Waals surface area (Å²) in [4.78, 5) is 25.4. The van der Waals surface area contributed by atoms with Crippen LogP contribution in [-0.2, 0) is 4.79 Å². The molecule has 2 atom stereocenters. The molecule has 6 nitrogen and oxygen atoms in total. The Balaban J connectivity index is 1.71. The molecule has 0 aromatic heterocycles. The molecule has 0 radical (unpaired) electrons. The Labute approximate surface area is 197 Å². The molecule has 176 valence electrons. The lowest BCUT2D eigenvalue weighted by Crippen LogP contribution is -2.28. The van der Waals surface area contributed by atoms with E-state index < -0.39 is 12.0 Å². The summed E-state index contributed by atoms with van der Waals surface area (Å²) in [5.41, 5.74) is 2.88. The van der Waals surface area contributed by atoms with Gasteiger partial charge < -0.3 is 20.5 Å². The van der Waals surface area contributed by atoms with Gasteiger partial charge in [0.2, 0.25) is 5.91 Å². The van der Waals surface area contributed by atoms with Crippen LogP contribution < -0.4 is 15.4 Å². The van der Waals surface area contributed by atoms with Crippen molar-refractivity contribution in [1.29, 1.82) is 0 Å². The van der Waals surface area contributed by atoms with E-state index in [1.54, 1.807) is 49.5 Å². The average molecular weight is 463 g/mol. The molecule has 3 aromatic carbocycles. The number of amides is 2. The summed E-state index contributed by atoms with van der Waals surface area (Å²) in [7, 11) is 1.55. The Morgan fingerprint density at radius 3 is 2.47 bits per heavy atom. The smallest absolute Gasteiger partial charge is 0.251 e. The molecule has 0 spiro atoms. The van der Waals surface area contributed by atoms with Gasteiger partial charge in [-0.2, -0.15) is 0 Å². The van der Waals surface area contributed by atoms with Crippen molar-refractivity contribution in [2.45, 2.75) is 25.9 Å². The fourth-order valence-corrected chi connectivity index (χ4v) is 4.09. The Morgan fingerprint density at radius 1 is 1.06 bits per heavy atom. The zero-order valence-corrected chi connectivity index (χ0v) is 19.3. The second-order valence-electron chi connectivity index (χ2n) is 8.77. The number of carbonyl (C=O) groups is 2. The summed E-state index contributed by atoms with van der Waals surface area (Å²) in [6, 6.07) is 15.9. The van der Waals surface area contributed by atoms with Crippen molar-refractivity contribution in [2.24, 2.45) is 5.92 Å². The van der Waals surface area contributed by atoms with E-state index in [0.29, 0.717) is 46.0 Å². The summed E-state index contributed by atoms with van der Waals surface area (Å²) in [6.07, 6.45) is -0.618. The number of carbonyl (C=O) groups excluding carboxylic acids is 2. The number of nitrogens with one attached hydrogen (secondary N) is 2. The highest BCUT2D eigenvalue weighted by Crippen LogP contribution is 2.48. The fraction of sp³-hybridized carbons (Fsp3) is 0.259. The van der Waals surface area contributed by atoms with Crippen LogP contribution >= 0.6 is 0 Å². The lowest BCUT2D eigenvalue weighted by Gasteiger charge is -2.18. The molecule has 2 amide bonds. The van der Waals surface area contributed by atoms with Gasteiger partial charge >= 0.3 is 0 Å². The van der Waals surface area contributed by atoms with Gasteiger partial charge in [-0.25, -0.2) is 4.39 Å². The van der Waals surface area contributed by atoms with E-state index in [-0.39, 0.29) is 23.4 Å². The van der Waals surface area contributed by atoms with E-state index in [1.807, 2.05) is 13.8 Å². The number of fused-ring (bicyclic) bond motifs is 1. The zero-order chi connectivity index (χ0) is 24.4. The lowest BCUT2D eigenvalue weighted by molar-refractivity contribution is -0.123. The molecule has 1 aliphatic rings. The van der Waals surface area contributed by atoms with Crippen LogP contribution in [0.1, 0.15) is 47.4 Å². The second kappa shape index (κ2) is 9.55. The molecular formula is C27H27FN2O4. The SMILES string of the molecule is CNC(=O)C1c2cc(-c3cc(C(=O)NCC(C)C)ccc3O)ccc2OC1c1ccc(F)cc1. The molecule has 1 aliphatic heterocycles. The molecule has 0 fully saturated rings. The number of halogens is 1. The highest BCUT2D eigenvalue weighted by Gasteiger charge is 2.40. The number of likely N-dealkylation sites (N-methyl/N-ethyl adjacent to an activating group) is 1. The molecule has 3 N–H and O–H groups in total. The summed E-state index contributed by atoms with van der Waals surface area (Å²) >= 11 is 0. The van der Waals surface area contributed by atoms with Gasteiger partial charge in [-0.05, 0) is 59.5 Å².